The molecule has 2 heterocycles. The van der Waals surface area contributed by atoms with Gasteiger partial charge < -0.3 is 25.7 Å². The van der Waals surface area contributed by atoms with Crippen molar-refractivity contribution in [3.05, 3.63) is 81.1 Å². The van der Waals surface area contributed by atoms with Gasteiger partial charge in [0.25, 0.3) is 5.56 Å². The van der Waals surface area contributed by atoms with Crippen LogP contribution >= 0.6 is 11.8 Å². The van der Waals surface area contributed by atoms with Crippen molar-refractivity contribution < 1.29 is 19.5 Å². The molecular weight excluding hydrogens is 522 g/mol. The lowest BCUT2D eigenvalue weighted by Crippen LogP contribution is -2.53. The minimum absolute atomic E-state index is 0.0169. The predicted molar refractivity (Wildman–Crippen MR) is 150 cm³/mol. The first kappa shape index (κ1) is 27.7. The van der Waals surface area contributed by atoms with Gasteiger partial charge in [0.2, 0.25) is 11.8 Å². The molecule has 0 bridgehead atoms. The number of hydrogen-bond donors (Lipinski definition) is 5. The van der Waals surface area contributed by atoms with E-state index < -0.39 is 47.2 Å². The van der Waals surface area contributed by atoms with E-state index in [1.807, 2.05) is 30.5 Å². The molecule has 11 nitrogen and oxygen atoms in total. The van der Waals surface area contributed by atoms with Gasteiger partial charge in [0, 0.05) is 23.5 Å². The van der Waals surface area contributed by atoms with Crippen molar-refractivity contribution in [3.63, 3.8) is 0 Å². The monoisotopic (exact) mass is 551 g/mol. The fourth-order valence-corrected chi connectivity index (χ4v) is 4.91. The van der Waals surface area contributed by atoms with Crippen molar-refractivity contribution >= 4 is 51.4 Å². The van der Waals surface area contributed by atoms with E-state index in [0.717, 1.165) is 15.5 Å². The van der Waals surface area contributed by atoms with E-state index >= 15 is 0 Å². The highest BCUT2D eigenvalue weighted by molar-refractivity contribution is 7.98. The Hall–Kier alpha value is -4.32. The first-order chi connectivity index (χ1) is 18.7. The third kappa shape index (κ3) is 6.06. The fraction of sp³-hybridized carbons (Fsp3) is 0.296. The molecule has 204 valence electrons. The smallest absolute Gasteiger partial charge is 0.329 e. The van der Waals surface area contributed by atoms with Crippen LogP contribution in [0.25, 0.3) is 21.8 Å². The van der Waals surface area contributed by atoms with E-state index in [-0.39, 0.29) is 18.2 Å². The van der Waals surface area contributed by atoms with Crippen LogP contribution in [-0.2, 0) is 20.8 Å². The lowest BCUT2D eigenvalue weighted by Gasteiger charge is -2.23. The molecule has 5 N–H and O–H groups in total. The first-order valence-electron chi connectivity index (χ1n) is 12.3. The number of carbonyl (C=O) groups excluding carboxylic acids is 2. The average Bonchev–Trinajstić information content (AvgIpc) is 3.32. The number of nitrogens with one attached hydrogen (secondary N) is 4. The van der Waals surface area contributed by atoms with Crippen LogP contribution < -0.4 is 21.9 Å². The summed E-state index contributed by atoms with van der Waals surface area (Å²) in [6, 6.07) is 10.4. The number of carboxylic acid groups (broad SMARTS) is 1. The van der Waals surface area contributed by atoms with Crippen LogP contribution in [0, 0.1) is 0 Å². The Morgan fingerprint density at radius 3 is 2.33 bits per heavy atom. The zero-order valence-corrected chi connectivity index (χ0v) is 22.2. The van der Waals surface area contributed by atoms with Gasteiger partial charge in [-0.3, -0.25) is 14.4 Å². The second kappa shape index (κ2) is 12.0. The number of thioether (sulfide) groups is 1. The maximum absolute atomic E-state index is 13.6. The zero-order valence-electron chi connectivity index (χ0n) is 21.4. The molecule has 0 spiro atoms. The molecule has 0 saturated heterocycles. The molecule has 2 aromatic carbocycles. The number of aromatic nitrogens is 3. The summed E-state index contributed by atoms with van der Waals surface area (Å²) in [5.41, 5.74) is 0.454. The lowest BCUT2D eigenvalue weighted by atomic mass is 10.0. The molecule has 0 aliphatic carbocycles. The number of carbonyl (C=O) groups is 3. The molecule has 0 aliphatic heterocycles. The van der Waals surface area contributed by atoms with E-state index in [0.29, 0.717) is 16.8 Å². The van der Waals surface area contributed by atoms with E-state index in [2.05, 4.69) is 20.6 Å². The van der Waals surface area contributed by atoms with Crippen molar-refractivity contribution in [1.29, 1.82) is 0 Å². The van der Waals surface area contributed by atoms with Gasteiger partial charge in [0.1, 0.15) is 18.1 Å². The molecule has 4 aromatic rings. The minimum atomic E-state index is -1.30. The molecule has 2 aromatic heterocycles. The Morgan fingerprint density at radius 1 is 0.974 bits per heavy atom. The molecule has 0 fully saturated rings. The summed E-state index contributed by atoms with van der Waals surface area (Å²) >= 11 is 1.45. The van der Waals surface area contributed by atoms with Crippen LogP contribution in [-0.4, -0.2) is 61.5 Å². The third-order valence-electron chi connectivity index (χ3n) is 6.52. The second-order valence-corrected chi connectivity index (χ2v) is 10.1. The van der Waals surface area contributed by atoms with E-state index in [1.165, 1.54) is 18.7 Å². The topological polar surface area (TPSA) is 166 Å². The number of aliphatic carboxylic acids is 1. The highest BCUT2D eigenvalue weighted by Crippen LogP contribution is 2.22. The minimum Gasteiger partial charge on any atom is -0.480 e. The first-order valence-corrected chi connectivity index (χ1v) is 13.7. The van der Waals surface area contributed by atoms with Crippen molar-refractivity contribution in [1.82, 2.24) is 25.2 Å². The Balaban J connectivity index is 1.68. The molecular formula is C27H29N5O6S. The van der Waals surface area contributed by atoms with Gasteiger partial charge in [-0.1, -0.05) is 30.3 Å². The molecule has 0 unspecified atom stereocenters. The predicted octanol–water partition coefficient (Wildman–Crippen LogP) is 1.78. The number of H-pyrrole nitrogens is 2. The normalized spacial score (nSPS) is 13.6. The van der Waals surface area contributed by atoms with Gasteiger partial charge in [-0.15, -0.1) is 0 Å². The number of nitrogens with zero attached hydrogens (tertiary/aromatic N) is 1. The third-order valence-corrected chi connectivity index (χ3v) is 7.16. The highest BCUT2D eigenvalue weighted by Gasteiger charge is 2.30. The standard InChI is InChI=1S/C27H29N5O6S/c1-15(23(33)30-21(26(36)37)11-12-39-2)29-24(34)22(13-16-14-28-19-9-5-3-7-17(16)19)32-25(35)18-8-4-6-10-20(18)31-27(32)38/h3-10,14-15,21-22,28H,11-13H2,1-2H3,(H,29,34)(H,30,33)(H,31,38)(H,36,37)/t15-,21-,22-/m0/s1. The molecule has 2 amide bonds. The molecule has 0 saturated carbocycles. The number of aromatic amines is 2. The number of para-hydroxylation sites is 2. The number of hydrogen-bond acceptors (Lipinski definition) is 6. The summed E-state index contributed by atoms with van der Waals surface area (Å²) in [6.45, 7) is 1.41. The molecule has 4 rings (SSSR count). The van der Waals surface area contributed by atoms with E-state index in [4.69, 9.17) is 0 Å². The van der Waals surface area contributed by atoms with E-state index in [9.17, 15) is 29.1 Å². The number of benzene rings is 2. The Labute approximate surface area is 227 Å². The van der Waals surface area contributed by atoms with Gasteiger partial charge in [-0.2, -0.15) is 11.8 Å². The van der Waals surface area contributed by atoms with Gasteiger partial charge >= 0.3 is 11.7 Å². The summed E-state index contributed by atoms with van der Waals surface area (Å²) in [6.07, 6.45) is 3.74. The Morgan fingerprint density at radius 2 is 1.64 bits per heavy atom. The maximum atomic E-state index is 13.6. The van der Waals surface area contributed by atoms with Gasteiger partial charge in [0.05, 0.1) is 10.9 Å². The number of carboxylic acids is 1. The van der Waals surface area contributed by atoms with Crippen molar-refractivity contribution in [2.24, 2.45) is 0 Å². The van der Waals surface area contributed by atoms with Crippen molar-refractivity contribution in [3.8, 4) is 0 Å². The van der Waals surface area contributed by atoms with Crippen LogP contribution in [0.15, 0.2) is 64.3 Å². The number of fused-ring (bicyclic) bond motifs is 2. The lowest BCUT2D eigenvalue weighted by molar-refractivity contribution is -0.142. The molecule has 0 aliphatic rings. The average molecular weight is 552 g/mol. The Bertz CT molecular complexity index is 1640. The molecule has 3 atom stereocenters. The van der Waals surface area contributed by atoms with Crippen LogP contribution in [0.1, 0.15) is 24.9 Å². The Kier molecular flexibility index (Phi) is 8.55. The SMILES string of the molecule is CSCC[C@H](NC(=O)[C@H](C)NC(=O)[C@H](Cc1c[nH]c2ccccc12)n1c(=O)[nH]c2ccccc2c1=O)C(=O)O. The van der Waals surface area contributed by atoms with Crippen molar-refractivity contribution in [2.45, 2.75) is 37.9 Å². The van der Waals surface area contributed by atoms with Gasteiger partial charge in [-0.25, -0.2) is 14.2 Å². The summed E-state index contributed by atoms with van der Waals surface area (Å²) in [4.78, 5) is 70.3. The quantitative estimate of drug-likeness (QED) is 0.189. The zero-order chi connectivity index (χ0) is 28.1. The van der Waals surface area contributed by atoms with Crippen molar-refractivity contribution in [2.75, 3.05) is 12.0 Å². The number of rotatable bonds is 11. The summed E-state index contributed by atoms with van der Waals surface area (Å²) in [5, 5.41) is 15.5. The van der Waals surface area contributed by atoms with Crippen LogP contribution in [0.3, 0.4) is 0 Å². The maximum Gasteiger partial charge on any atom is 0.329 e. The molecule has 12 heteroatoms. The summed E-state index contributed by atoms with van der Waals surface area (Å²) < 4.78 is 0.864. The largest absolute Gasteiger partial charge is 0.480 e. The second-order valence-electron chi connectivity index (χ2n) is 9.14. The van der Waals surface area contributed by atoms with Crippen LogP contribution in [0.4, 0.5) is 0 Å². The number of amides is 2. The van der Waals surface area contributed by atoms with Crippen LogP contribution in [0.2, 0.25) is 0 Å². The molecule has 0 radical (unpaired) electrons. The van der Waals surface area contributed by atoms with Gasteiger partial charge in [0.15, 0.2) is 0 Å². The van der Waals surface area contributed by atoms with E-state index in [1.54, 1.807) is 30.5 Å². The highest BCUT2D eigenvalue weighted by atomic mass is 32.2. The molecule has 39 heavy (non-hydrogen) atoms. The summed E-state index contributed by atoms with van der Waals surface area (Å²) in [5.74, 6) is -2.08. The van der Waals surface area contributed by atoms with Crippen LogP contribution in [0.5, 0.6) is 0 Å². The van der Waals surface area contributed by atoms with Gasteiger partial charge in [-0.05, 0) is 49.1 Å². The fourth-order valence-electron chi connectivity index (χ4n) is 4.43. The summed E-state index contributed by atoms with van der Waals surface area (Å²) in [7, 11) is 0.